The number of ether oxygens (including phenoxy) is 2. The Bertz CT molecular complexity index is 1650. The summed E-state index contributed by atoms with van der Waals surface area (Å²) in [5.41, 5.74) is 5.39. The van der Waals surface area contributed by atoms with E-state index in [1.807, 2.05) is 0 Å². The summed E-state index contributed by atoms with van der Waals surface area (Å²) in [6.45, 7) is 3.62. The van der Waals surface area contributed by atoms with Gasteiger partial charge >= 0.3 is 19.8 Å². The number of allylic oxidation sites excluding steroid dienone is 16. The number of unbranched alkanes of at least 4 members (excludes halogenated alkanes) is 34. The predicted octanol–water partition coefficient (Wildman–Crippen LogP) is 22.0. The van der Waals surface area contributed by atoms with Crippen molar-refractivity contribution in [3.63, 3.8) is 0 Å². The van der Waals surface area contributed by atoms with E-state index in [0.29, 0.717) is 6.42 Å². The average molecular weight is 1150 g/mol. The van der Waals surface area contributed by atoms with E-state index in [1.54, 1.807) is 0 Å². The van der Waals surface area contributed by atoms with E-state index >= 15 is 0 Å². The van der Waals surface area contributed by atoms with Gasteiger partial charge in [0.15, 0.2) is 6.10 Å². The number of hydrogen-bond acceptors (Lipinski definition) is 8. The topological polar surface area (TPSA) is 134 Å². The second-order valence-corrected chi connectivity index (χ2v) is 23.8. The second kappa shape index (κ2) is 66.1. The minimum Gasteiger partial charge on any atom is -0.462 e. The van der Waals surface area contributed by atoms with Crippen LogP contribution in [0.2, 0.25) is 0 Å². The monoisotopic (exact) mass is 1150 g/mol. The number of phosphoric ester groups is 1. The fourth-order valence-electron chi connectivity index (χ4n) is 9.50. The molecule has 0 aromatic heterocycles. The molecule has 2 atom stereocenters. The van der Waals surface area contributed by atoms with Crippen LogP contribution in [0.15, 0.2) is 97.2 Å². The molecule has 0 saturated carbocycles. The smallest absolute Gasteiger partial charge is 0.462 e. The maximum absolute atomic E-state index is 12.7. The molecule has 0 rings (SSSR count). The maximum Gasteiger partial charge on any atom is 0.472 e. The molecule has 0 fully saturated rings. The van der Waals surface area contributed by atoms with Gasteiger partial charge in [-0.3, -0.25) is 18.6 Å². The van der Waals surface area contributed by atoms with Crippen LogP contribution >= 0.6 is 7.82 Å². The van der Waals surface area contributed by atoms with Gasteiger partial charge in [-0.2, -0.15) is 0 Å². The number of phosphoric acid groups is 1. The van der Waals surface area contributed by atoms with Gasteiger partial charge in [0.1, 0.15) is 6.61 Å². The Hall–Kier alpha value is -3.07. The molecule has 0 saturated heterocycles. The van der Waals surface area contributed by atoms with E-state index in [-0.39, 0.29) is 38.6 Å². The van der Waals surface area contributed by atoms with Crippen LogP contribution < -0.4 is 5.73 Å². The standard InChI is InChI=1S/C71H126NO8P/c1-3-5-7-9-11-13-15-17-19-21-23-25-26-27-28-29-30-31-32-33-34-35-36-37-38-39-40-41-42-44-45-47-49-51-53-55-57-59-61-63-70(73)77-67-69(68-79-81(75,76)78-66-65-72)80-71(74)64-62-60-58-56-54-52-50-48-46-43-24-22-20-18-16-14-12-10-8-6-4-2/h6,8,12,14-15,17-18,20-21,23-24,26-27,43,48,50,69H,3-5,7,9-11,13,16,19,22,25,28-42,44-47,49,51-68,72H2,1-2H3,(H,75,76)/b8-6-,14-12-,17-15-,20-18-,23-21-,27-26-,43-24-,50-48-. The number of carbonyl (C=O) groups excluding carboxylic acids is 2. The highest BCUT2D eigenvalue weighted by Gasteiger charge is 2.26. The van der Waals surface area contributed by atoms with Crippen LogP contribution in [0, 0.1) is 0 Å². The first-order valence-corrected chi connectivity index (χ1v) is 35.2. The Morgan fingerprint density at radius 3 is 1.01 bits per heavy atom. The zero-order chi connectivity index (χ0) is 58.7. The molecule has 0 aliphatic heterocycles. The summed E-state index contributed by atoms with van der Waals surface area (Å²) < 4.78 is 33.1. The third-order valence-corrected chi connectivity index (χ3v) is 15.4. The number of nitrogens with two attached hydrogens (primary N) is 1. The van der Waals surface area contributed by atoms with Gasteiger partial charge in [0.05, 0.1) is 13.2 Å². The molecular weight excluding hydrogens is 1030 g/mol. The molecule has 3 N–H and O–H groups in total. The lowest BCUT2D eigenvalue weighted by Gasteiger charge is -2.19. The molecule has 0 bridgehead atoms. The number of esters is 2. The number of carbonyl (C=O) groups is 2. The van der Waals surface area contributed by atoms with Gasteiger partial charge < -0.3 is 20.1 Å². The summed E-state index contributed by atoms with van der Waals surface area (Å²) in [6.07, 6.45) is 89.4. The minimum atomic E-state index is -4.40. The largest absolute Gasteiger partial charge is 0.472 e. The van der Waals surface area contributed by atoms with Gasteiger partial charge in [-0.15, -0.1) is 0 Å². The fourth-order valence-corrected chi connectivity index (χ4v) is 10.3. The summed E-state index contributed by atoms with van der Waals surface area (Å²) in [4.78, 5) is 35.3. The highest BCUT2D eigenvalue weighted by molar-refractivity contribution is 7.47. The van der Waals surface area contributed by atoms with Crippen LogP contribution in [-0.4, -0.2) is 49.3 Å². The van der Waals surface area contributed by atoms with Crippen molar-refractivity contribution in [1.82, 2.24) is 0 Å². The zero-order valence-electron chi connectivity index (χ0n) is 52.5. The predicted molar refractivity (Wildman–Crippen MR) is 348 cm³/mol. The number of rotatable bonds is 63. The van der Waals surface area contributed by atoms with Gasteiger partial charge in [-0.1, -0.05) is 297 Å². The Morgan fingerprint density at radius 1 is 0.383 bits per heavy atom. The molecular formula is C71H126NO8P. The molecule has 0 aliphatic carbocycles. The summed E-state index contributed by atoms with van der Waals surface area (Å²) in [6, 6.07) is 0. The number of hydrogen-bond donors (Lipinski definition) is 2. The third-order valence-electron chi connectivity index (χ3n) is 14.5. The molecule has 0 amide bonds. The van der Waals surface area contributed by atoms with E-state index in [9.17, 15) is 19.0 Å². The second-order valence-electron chi connectivity index (χ2n) is 22.3. The van der Waals surface area contributed by atoms with Crippen LogP contribution in [0.1, 0.15) is 309 Å². The van der Waals surface area contributed by atoms with Crippen molar-refractivity contribution in [3.05, 3.63) is 97.2 Å². The lowest BCUT2D eigenvalue weighted by atomic mass is 10.0. The van der Waals surface area contributed by atoms with Crippen molar-refractivity contribution in [1.29, 1.82) is 0 Å². The zero-order valence-corrected chi connectivity index (χ0v) is 53.4. The molecule has 468 valence electrons. The Labute approximate surface area is 499 Å². The SMILES string of the molecule is CC/C=C\C/C=C\C/C=C\C/C=C\C/C=C\CCCCCCCC(=O)OC(COC(=O)CCCCCCCCCCCCCCCCCCCCCCCCCC/C=C\C/C=C\C/C=C\CCCCCCC)COP(=O)(O)OCCN. The fraction of sp³-hybridized carbons (Fsp3) is 0.746. The van der Waals surface area contributed by atoms with Gasteiger partial charge in [-0.05, 0) is 96.3 Å². The molecule has 81 heavy (non-hydrogen) atoms. The van der Waals surface area contributed by atoms with Crippen molar-refractivity contribution < 1.29 is 37.6 Å². The van der Waals surface area contributed by atoms with E-state index in [4.69, 9.17) is 24.3 Å². The first-order valence-electron chi connectivity index (χ1n) is 33.7. The molecule has 0 aromatic carbocycles. The molecule has 0 aliphatic rings. The van der Waals surface area contributed by atoms with Crippen LogP contribution in [0.25, 0.3) is 0 Å². The molecule has 10 heteroatoms. The summed E-state index contributed by atoms with van der Waals surface area (Å²) in [5.74, 6) is -0.843. The first kappa shape index (κ1) is 77.9. The third kappa shape index (κ3) is 65.9. The van der Waals surface area contributed by atoms with E-state index in [1.165, 1.54) is 180 Å². The molecule has 0 spiro atoms. The minimum absolute atomic E-state index is 0.0469. The van der Waals surface area contributed by atoms with E-state index in [2.05, 4.69) is 111 Å². The van der Waals surface area contributed by atoms with Gasteiger partial charge in [0.2, 0.25) is 0 Å². The average Bonchev–Trinajstić information content (AvgIpc) is 3.46. The lowest BCUT2D eigenvalue weighted by molar-refractivity contribution is -0.161. The van der Waals surface area contributed by atoms with Gasteiger partial charge in [-0.25, -0.2) is 4.57 Å². The van der Waals surface area contributed by atoms with Crippen molar-refractivity contribution in [2.24, 2.45) is 5.73 Å². The first-order chi connectivity index (χ1) is 39.8. The maximum atomic E-state index is 12.7. The van der Waals surface area contributed by atoms with E-state index < -0.39 is 26.5 Å². The van der Waals surface area contributed by atoms with Gasteiger partial charge in [0, 0.05) is 19.4 Å². The summed E-state index contributed by atoms with van der Waals surface area (Å²) in [5, 5.41) is 0. The molecule has 0 aromatic rings. The van der Waals surface area contributed by atoms with Crippen LogP contribution in [-0.2, 0) is 32.7 Å². The molecule has 0 radical (unpaired) electrons. The Kier molecular flexibility index (Phi) is 63.6. The Balaban J connectivity index is 3.83. The Morgan fingerprint density at radius 2 is 0.679 bits per heavy atom. The van der Waals surface area contributed by atoms with Crippen LogP contribution in [0.5, 0.6) is 0 Å². The van der Waals surface area contributed by atoms with Crippen molar-refractivity contribution in [3.8, 4) is 0 Å². The van der Waals surface area contributed by atoms with Gasteiger partial charge in [0.25, 0.3) is 0 Å². The lowest BCUT2D eigenvalue weighted by Crippen LogP contribution is -2.29. The summed E-state index contributed by atoms with van der Waals surface area (Å²) >= 11 is 0. The molecule has 2 unspecified atom stereocenters. The van der Waals surface area contributed by atoms with Crippen LogP contribution in [0.3, 0.4) is 0 Å². The van der Waals surface area contributed by atoms with Crippen LogP contribution in [0.4, 0.5) is 0 Å². The molecule has 0 heterocycles. The summed E-state index contributed by atoms with van der Waals surface area (Å²) in [7, 11) is -4.40. The van der Waals surface area contributed by atoms with Crippen molar-refractivity contribution in [2.75, 3.05) is 26.4 Å². The van der Waals surface area contributed by atoms with Crippen molar-refractivity contribution in [2.45, 2.75) is 315 Å². The van der Waals surface area contributed by atoms with E-state index in [0.717, 1.165) is 96.3 Å². The quantitative estimate of drug-likeness (QED) is 0.0264. The normalized spacial score (nSPS) is 13.6. The molecule has 9 nitrogen and oxygen atoms in total. The highest BCUT2D eigenvalue weighted by atomic mass is 31.2. The van der Waals surface area contributed by atoms with Crippen molar-refractivity contribution >= 4 is 19.8 Å². The highest BCUT2D eigenvalue weighted by Crippen LogP contribution is 2.43.